The molecule has 0 spiro atoms. The molecule has 8 heteroatoms. The van der Waals surface area contributed by atoms with Gasteiger partial charge in [-0.1, -0.05) is 33.3 Å². The number of carbonyl (C=O) groups is 2. The molecule has 0 saturated carbocycles. The van der Waals surface area contributed by atoms with Crippen LogP contribution in [0.2, 0.25) is 0 Å². The summed E-state index contributed by atoms with van der Waals surface area (Å²) in [5, 5.41) is 22.2. The number of cyclic esters (lactones) is 1. The molecule has 4 heterocycles. The summed E-state index contributed by atoms with van der Waals surface area (Å²) < 4.78 is 17.2. The molecule has 1 aromatic rings. The van der Waals surface area contributed by atoms with Crippen molar-refractivity contribution in [3.05, 3.63) is 36.2 Å². The first-order valence-corrected chi connectivity index (χ1v) is 13.5. The molecule has 3 unspecified atom stereocenters. The Morgan fingerprint density at radius 2 is 1.95 bits per heavy atom. The van der Waals surface area contributed by atoms with Crippen LogP contribution < -0.4 is 0 Å². The van der Waals surface area contributed by atoms with E-state index in [0.29, 0.717) is 19.4 Å². The number of pyridine rings is 1. The zero-order chi connectivity index (χ0) is 26.8. The van der Waals surface area contributed by atoms with Crippen LogP contribution in [-0.4, -0.2) is 69.7 Å². The summed E-state index contributed by atoms with van der Waals surface area (Å²) >= 11 is 0. The lowest BCUT2D eigenvalue weighted by Crippen LogP contribution is -2.47. The highest BCUT2D eigenvalue weighted by Crippen LogP contribution is 2.44. The minimum atomic E-state index is -1.26. The van der Waals surface area contributed by atoms with Crippen LogP contribution in [0.15, 0.2) is 30.5 Å². The molecular weight excluding hydrogens is 474 g/mol. The van der Waals surface area contributed by atoms with E-state index in [-0.39, 0.29) is 35.9 Å². The molecule has 0 aliphatic carbocycles. The van der Waals surface area contributed by atoms with Crippen LogP contribution in [0.3, 0.4) is 0 Å². The Bertz CT molecular complexity index is 976. The standard InChI is InChI=1S/C29H41NO7/c1-18-8-7-12-29(4)24(37-29)15-20(11-10-19-9-5-6-13-30-19)36-25(32)16-23(31)28(2,3)27(34)22(26(18)33)14-21-17-35-21/h5-6,9-11,13,18,20-24,26,31,33H,7-8,12,14-17H2,1-4H3/t18-,20+,21?,22+,23-,24?,26+,29?/m0/s1. The van der Waals surface area contributed by atoms with E-state index >= 15 is 0 Å². The molecule has 0 bridgehead atoms. The number of epoxide rings is 2. The van der Waals surface area contributed by atoms with Crippen LogP contribution in [-0.2, 0) is 23.8 Å². The van der Waals surface area contributed by atoms with Gasteiger partial charge in [0.15, 0.2) is 0 Å². The Balaban J connectivity index is 1.55. The number of rotatable bonds is 4. The van der Waals surface area contributed by atoms with Crippen molar-refractivity contribution in [3.8, 4) is 0 Å². The van der Waals surface area contributed by atoms with Crippen molar-refractivity contribution < 1.29 is 34.0 Å². The zero-order valence-electron chi connectivity index (χ0n) is 22.3. The fraction of sp³-hybridized carbons (Fsp3) is 0.690. The summed E-state index contributed by atoms with van der Waals surface area (Å²) in [7, 11) is 0. The van der Waals surface area contributed by atoms with Crippen molar-refractivity contribution >= 4 is 17.8 Å². The summed E-state index contributed by atoms with van der Waals surface area (Å²) in [4.78, 5) is 30.9. The molecule has 0 amide bonds. The normalized spacial score (nSPS) is 39.1. The average molecular weight is 516 g/mol. The molecule has 3 saturated heterocycles. The van der Waals surface area contributed by atoms with E-state index in [4.69, 9.17) is 14.2 Å². The van der Waals surface area contributed by atoms with Gasteiger partial charge in [0.25, 0.3) is 0 Å². The van der Waals surface area contributed by atoms with E-state index in [1.165, 1.54) is 0 Å². The monoisotopic (exact) mass is 515 g/mol. The van der Waals surface area contributed by atoms with Gasteiger partial charge >= 0.3 is 5.97 Å². The lowest BCUT2D eigenvalue weighted by Gasteiger charge is -2.36. The van der Waals surface area contributed by atoms with Crippen molar-refractivity contribution in [3.63, 3.8) is 0 Å². The summed E-state index contributed by atoms with van der Waals surface area (Å²) in [6.07, 6.45) is 5.52. The molecule has 8 nitrogen and oxygen atoms in total. The molecule has 3 aliphatic heterocycles. The summed E-state index contributed by atoms with van der Waals surface area (Å²) in [6, 6.07) is 5.58. The molecule has 3 fully saturated rings. The Morgan fingerprint density at radius 3 is 2.62 bits per heavy atom. The summed E-state index contributed by atoms with van der Waals surface area (Å²) in [5.74, 6) is -1.62. The first kappa shape index (κ1) is 27.9. The van der Waals surface area contributed by atoms with E-state index in [2.05, 4.69) is 11.9 Å². The maximum atomic E-state index is 13.7. The number of ether oxygens (including phenoxy) is 3. The number of carbonyl (C=O) groups excluding carboxylic acids is 2. The topological polar surface area (TPSA) is 122 Å². The van der Waals surface area contributed by atoms with Gasteiger partial charge in [-0.05, 0) is 56.4 Å². The molecular formula is C29H41NO7. The maximum absolute atomic E-state index is 13.7. The minimum Gasteiger partial charge on any atom is -0.458 e. The Labute approximate surface area is 219 Å². The second-order valence-corrected chi connectivity index (χ2v) is 11.8. The second-order valence-electron chi connectivity index (χ2n) is 11.8. The van der Waals surface area contributed by atoms with Gasteiger partial charge in [-0.25, -0.2) is 0 Å². The average Bonchev–Trinajstić information content (AvgIpc) is 3.78. The van der Waals surface area contributed by atoms with E-state index in [1.807, 2.05) is 31.2 Å². The van der Waals surface area contributed by atoms with E-state index in [0.717, 1.165) is 25.0 Å². The van der Waals surface area contributed by atoms with Gasteiger partial charge in [-0.3, -0.25) is 14.6 Å². The quantitative estimate of drug-likeness (QED) is 0.462. The Hall–Kier alpha value is -2.13. The largest absolute Gasteiger partial charge is 0.458 e. The van der Waals surface area contributed by atoms with Crippen LogP contribution >= 0.6 is 0 Å². The van der Waals surface area contributed by atoms with Crippen molar-refractivity contribution in [1.82, 2.24) is 4.98 Å². The minimum absolute atomic E-state index is 0.0505. The lowest BCUT2D eigenvalue weighted by atomic mass is 9.71. The number of nitrogens with zero attached hydrogens (tertiary/aromatic N) is 1. The fourth-order valence-corrected chi connectivity index (χ4v) is 5.37. The summed E-state index contributed by atoms with van der Waals surface area (Å²) in [5.41, 5.74) is -0.812. The molecule has 4 rings (SSSR count). The van der Waals surface area contributed by atoms with E-state index < -0.39 is 35.6 Å². The third-order valence-corrected chi connectivity index (χ3v) is 8.35. The zero-order valence-corrected chi connectivity index (χ0v) is 22.3. The number of fused-ring (bicyclic) bond motifs is 1. The third-order valence-electron chi connectivity index (χ3n) is 8.35. The number of ketones is 1. The van der Waals surface area contributed by atoms with Crippen molar-refractivity contribution in [2.75, 3.05) is 6.61 Å². The van der Waals surface area contributed by atoms with Gasteiger partial charge in [0.1, 0.15) is 11.9 Å². The Morgan fingerprint density at radius 1 is 1.19 bits per heavy atom. The van der Waals surface area contributed by atoms with E-state index in [9.17, 15) is 19.8 Å². The molecule has 2 N–H and O–H groups in total. The summed E-state index contributed by atoms with van der Waals surface area (Å²) in [6.45, 7) is 7.87. The van der Waals surface area contributed by atoms with Crippen LogP contribution in [0.5, 0.6) is 0 Å². The number of aromatic nitrogens is 1. The van der Waals surface area contributed by atoms with Gasteiger partial charge in [-0.15, -0.1) is 0 Å². The fourth-order valence-electron chi connectivity index (χ4n) is 5.37. The second kappa shape index (κ2) is 11.3. The van der Waals surface area contributed by atoms with Gasteiger partial charge < -0.3 is 24.4 Å². The molecule has 0 aromatic carbocycles. The number of aliphatic hydroxyl groups excluding tert-OH is 2. The first-order chi connectivity index (χ1) is 17.5. The highest BCUT2D eigenvalue weighted by Gasteiger charge is 2.52. The molecule has 3 aliphatic rings. The van der Waals surface area contributed by atoms with Crippen LogP contribution in [0.4, 0.5) is 0 Å². The number of hydrogen-bond donors (Lipinski definition) is 2. The highest BCUT2D eigenvalue weighted by molar-refractivity contribution is 5.88. The number of hydrogen-bond acceptors (Lipinski definition) is 8. The van der Waals surface area contributed by atoms with Crippen molar-refractivity contribution in [2.45, 2.75) is 102 Å². The van der Waals surface area contributed by atoms with Gasteiger partial charge in [-0.2, -0.15) is 0 Å². The number of esters is 1. The maximum Gasteiger partial charge on any atom is 0.309 e. The Kier molecular flexibility index (Phi) is 8.53. The number of aliphatic hydroxyl groups is 2. The van der Waals surface area contributed by atoms with Gasteiger partial charge in [0.2, 0.25) is 0 Å². The molecule has 37 heavy (non-hydrogen) atoms. The number of Topliss-reactive ketones (excluding diaryl/α,β-unsaturated/α-hetero) is 1. The highest BCUT2D eigenvalue weighted by atomic mass is 16.6. The van der Waals surface area contributed by atoms with Crippen LogP contribution in [0.1, 0.15) is 71.9 Å². The van der Waals surface area contributed by atoms with Crippen LogP contribution in [0, 0.1) is 17.3 Å². The first-order valence-electron chi connectivity index (χ1n) is 13.5. The third kappa shape index (κ3) is 7.05. The molecule has 204 valence electrons. The predicted octanol–water partition coefficient (Wildman–Crippen LogP) is 3.49. The van der Waals surface area contributed by atoms with Gasteiger partial charge in [0.05, 0.1) is 54.2 Å². The van der Waals surface area contributed by atoms with Crippen molar-refractivity contribution in [1.29, 1.82) is 0 Å². The lowest BCUT2D eigenvalue weighted by molar-refractivity contribution is -0.154. The molecule has 8 atom stereocenters. The predicted molar refractivity (Wildman–Crippen MR) is 137 cm³/mol. The molecule has 0 radical (unpaired) electrons. The van der Waals surface area contributed by atoms with Gasteiger partial charge in [0, 0.05) is 18.5 Å². The van der Waals surface area contributed by atoms with E-state index in [1.54, 1.807) is 26.1 Å². The smallest absolute Gasteiger partial charge is 0.309 e. The van der Waals surface area contributed by atoms with Crippen molar-refractivity contribution in [2.24, 2.45) is 17.3 Å². The van der Waals surface area contributed by atoms with Crippen LogP contribution in [0.25, 0.3) is 6.08 Å². The molecule has 1 aromatic heterocycles. The SMILES string of the molecule is C[C@H]1CCCC2(C)OC2C[C@@H](C=Cc2ccccn2)OC(=O)C[C@H](O)C(C)(C)C(=O)[C@H](CC2CO2)[C@@H]1O.